The Morgan fingerprint density at radius 3 is 1.17 bits per heavy atom. The molecule has 20 aromatic carbocycles. The molecule has 0 fully saturated rings. The fourth-order valence-corrected chi connectivity index (χ4v) is 18.3. The van der Waals surface area contributed by atoms with Crippen molar-refractivity contribution in [2.45, 2.75) is 19.3 Å². The number of rotatable bonds is 6. The summed E-state index contributed by atoms with van der Waals surface area (Å²) in [6, 6.07) is 131. The molecule has 0 spiro atoms. The van der Waals surface area contributed by atoms with Gasteiger partial charge in [-0.2, -0.15) is 0 Å². The third-order valence-electron chi connectivity index (χ3n) is 22.8. The Balaban J connectivity index is 0.000000135. The molecule has 0 N–H and O–H groups in total. The monoisotopic (exact) mass is 1280 g/mol. The molecule has 0 nitrogen and oxygen atoms in total. The SMILES string of the molecule is CC1(C)c2ccccc2-c2ccc(-c3c4ccccc4c(-c4ccccc4)c4cc(-c5cccc6ccccc56)ccc34)cc21.c1ccc2c(c1)-c1cccc3c(-c4c5ccccc5c(-c5ccc6ccc7cccc8ccc5c6c78)c5ccc(-c6cccc7ccccc67)cc45)ccc-2c13. The number of hydrogen-bond donors (Lipinski definition) is 0. The highest BCUT2D eigenvalue weighted by molar-refractivity contribution is 6.32. The minimum Gasteiger partial charge on any atom is -0.0622 e. The molecule has 0 aliphatic heterocycles. The van der Waals surface area contributed by atoms with Crippen LogP contribution in [0.5, 0.6) is 0 Å². The van der Waals surface area contributed by atoms with Crippen molar-refractivity contribution in [3.8, 4) is 100 Å². The van der Waals surface area contributed by atoms with E-state index in [0.717, 1.165) is 0 Å². The molecule has 0 bridgehead atoms. The van der Waals surface area contributed by atoms with Crippen LogP contribution in [0.15, 0.2) is 352 Å². The number of hydrogen-bond acceptors (Lipinski definition) is 0. The van der Waals surface area contributed by atoms with Gasteiger partial charge >= 0.3 is 0 Å². The van der Waals surface area contributed by atoms with Crippen molar-refractivity contribution in [2.75, 3.05) is 0 Å². The molecule has 468 valence electrons. The standard InChI is InChI=1S/C56H32.C45H32/c1-2-14-38-33(10-1)11-8-19-39(38)37-26-29-50-51(32-37)56(49-31-30-46-41-16-4-3-15-40(41)42-20-9-21-45(49)54(42)46)44-18-6-5-17-43(44)55(50)48-28-25-36-23-22-34-12-7-13-35-24-27-47(48)53(36)52(34)35;1-45(2)41-22-11-10-18-35(41)36-25-24-32(28-42(36)45)44-38-20-9-8-19-37(38)43(30-14-4-3-5-15-30)40-27-31(23-26-39(40)44)34-21-12-16-29-13-6-7-17-33(29)34/h1-32H;3-28H,1-2H3. The summed E-state index contributed by atoms with van der Waals surface area (Å²) in [5, 5.41) is 25.8. The molecule has 0 radical (unpaired) electrons. The molecule has 0 heteroatoms. The van der Waals surface area contributed by atoms with Crippen LogP contribution in [-0.4, -0.2) is 0 Å². The van der Waals surface area contributed by atoms with E-state index < -0.39 is 0 Å². The molecule has 0 unspecified atom stereocenters. The molecule has 0 amide bonds. The first-order chi connectivity index (χ1) is 49.9. The predicted molar refractivity (Wildman–Crippen MR) is 434 cm³/mol. The fraction of sp³-hybridized carbons (Fsp3) is 0.0297. The zero-order valence-corrected chi connectivity index (χ0v) is 56.0. The molecule has 0 aromatic heterocycles. The van der Waals surface area contributed by atoms with Gasteiger partial charge in [-0.3, -0.25) is 0 Å². The Morgan fingerprint density at radius 1 is 0.158 bits per heavy atom. The molecule has 0 heterocycles. The van der Waals surface area contributed by atoms with Gasteiger partial charge in [-0.25, -0.2) is 0 Å². The van der Waals surface area contributed by atoms with E-state index in [1.807, 2.05) is 0 Å². The maximum absolute atomic E-state index is 2.48. The normalized spacial score (nSPS) is 12.7. The molecule has 0 saturated heterocycles. The van der Waals surface area contributed by atoms with Crippen LogP contribution in [0.2, 0.25) is 0 Å². The Morgan fingerprint density at radius 2 is 0.515 bits per heavy atom. The van der Waals surface area contributed by atoms with Crippen LogP contribution in [0.1, 0.15) is 25.0 Å². The molecule has 0 atom stereocenters. The zero-order chi connectivity index (χ0) is 66.6. The van der Waals surface area contributed by atoms with Gasteiger partial charge in [-0.05, 0) is 237 Å². The van der Waals surface area contributed by atoms with Crippen molar-refractivity contribution in [1.82, 2.24) is 0 Å². The lowest BCUT2D eigenvalue weighted by Crippen LogP contribution is -2.14. The van der Waals surface area contributed by atoms with Crippen LogP contribution in [0.3, 0.4) is 0 Å². The van der Waals surface area contributed by atoms with Crippen LogP contribution in [0.25, 0.3) is 208 Å². The zero-order valence-electron chi connectivity index (χ0n) is 56.0. The topological polar surface area (TPSA) is 0 Å². The second-order valence-electron chi connectivity index (χ2n) is 28.4. The van der Waals surface area contributed by atoms with Crippen LogP contribution < -0.4 is 0 Å². The molecular formula is C101H64. The van der Waals surface area contributed by atoms with Crippen molar-refractivity contribution in [3.63, 3.8) is 0 Å². The van der Waals surface area contributed by atoms with E-state index in [2.05, 4.69) is 366 Å². The second-order valence-corrected chi connectivity index (χ2v) is 28.4. The first-order valence-corrected chi connectivity index (χ1v) is 35.5. The predicted octanol–water partition coefficient (Wildman–Crippen LogP) is 28.3. The minimum absolute atomic E-state index is 0.0565. The minimum atomic E-state index is -0.0565. The van der Waals surface area contributed by atoms with Gasteiger partial charge in [0.05, 0.1) is 0 Å². The fourth-order valence-electron chi connectivity index (χ4n) is 18.3. The summed E-state index contributed by atoms with van der Waals surface area (Å²) in [6.45, 7) is 4.74. The Labute approximate surface area is 586 Å². The summed E-state index contributed by atoms with van der Waals surface area (Å²) < 4.78 is 0. The third kappa shape index (κ3) is 8.56. The third-order valence-corrected chi connectivity index (χ3v) is 22.8. The summed E-state index contributed by atoms with van der Waals surface area (Å²) in [4.78, 5) is 0. The average Bonchev–Trinajstić information content (AvgIpc) is 1.67. The van der Waals surface area contributed by atoms with E-state index >= 15 is 0 Å². The Bertz CT molecular complexity index is 6840. The van der Waals surface area contributed by atoms with Crippen molar-refractivity contribution in [1.29, 1.82) is 0 Å². The molecule has 2 aliphatic carbocycles. The largest absolute Gasteiger partial charge is 0.0622 e. The van der Waals surface area contributed by atoms with Crippen molar-refractivity contribution in [3.05, 3.63) is 363 Å². The van der Waals surface area contributed by atoms with Gasteiger partial charge in [0, 0.05) is 5.41 Å². The van der Waals surface area contributed by atoms with Gasteiger partial charge in [0.2, 0.25) is 0 Å². The molecule has 0 saturated carbocycles. The van der Waals surface area contributed by atoms with E-state index in [4.69, 9.17) is 0 Å². The average molecular weight is 1280 g/mol. The van der Waals surface area contributed by atoms with E-state index in [1.54, 1.807) is 0 Å². The van der Waals surface area contributed by atoms with Crippen molar-refractivity contribution in [2.24, 2.45) is 0 Å². The van der Waals surface area contributed by atoms with Gasteiger partial charge in [-0.15, -0.1) is 0 Å². The molecule has 22 rings (SSSR count). The molecular weight excluding hydrogens is 1210 g/mol. The summed E-state index contributed by atoms with van der Waals surface area (Å²) in [5.74, 6) is 0. The van der Waals surface area contributed by atoms with Crippen LogP contribution >= 0.6 is 0 Å². The lowest BCUT2D eigenvalue weighted by atomic mass is 9.80. The van der Waals surface area contributed by atoms with Crippen LogP contribution in [0.4, 0.5) is 0 Å². The maximum Gasteiger partial charge on any atom is 0.0159 e. The van der Waals surface area contributed by atoms with E-state index in [9.17, 15) is 0 Å². The molecule has 2 aliphatic rings. The summed E-state index contributed by atoms with van der Waals surface area (Å²) in [7, 11) is 0. The maximum atomic E-state index is 2.48. The van der Waals surface area contributed by atoms with E-state index in [1.165, 1.54) is 219 Å². The van der Waals surface area contributed by atoms with Gasteiger partial charge in [0.15, 0.2) is 0 Å². The number of fused-ring (bicyclic) bond motifs is 12. The number of benzene rings is 20. The highest BCUT2D eigenvalue weighted by atomic mass is 14.4. The van der Waals surface area contributed by atoms with Crippen LogP contribution in [-0.2, 0) is 5.41 Å². The van der Waals surface area contributed by atoms with Gasteiger partial charge in [0.25, 0.3) is 0 Å². The van der Waals surface area contributed by atoms with E-state index in [-0.39, 0.29) is 5.41 Å². The summed E-state index contributed by atoms with van der Waals surface area (Å²) >= 11 is 0. The first kappa shape index (κ1) is 57.3. The quantitative estimate of drug-likeness (QED) is 0.115. The Kier molecular flexibility index (Phi) is 12.6. The van der Waals surface area contributed by atoms with Crippen LogP contribution in [0, 0.1) is 0 Å². The highest BCUT2D eigenvalue weighted by Crippen LogP contribution is 2.56. The molecule has 101 heavy (non-hydrogen) atoms. The Hall–Kier alpha value is -12.7. The van der Waals surface area contributed by atoms with Crippen molar-refractivity contribution >= 4 is 108 Å². The van der Waals surface area contributed by atoms with Gasteiger partial charge in [-0.1, -0.05) is 347 Å². The van der Waals surface area contributed by atoms with E-state index in [0.29, 0.717) is 0 Å². The molecule has 20 aromatic rings. The van der Waals surface area contributed by atoms with Gasteiger partial charge in [0.1, 0.15) is 0 Å². The second kappa shape index (κ2) is 22.1. The first-order valence-electron chi connectivity index (χ1n) is 35.5. The smallest absolute Gasteiger partial charge is 0.0159 e. The summed E-state index contributed by atoms with van der Waals surface area (Å²) in [6.07, 6.45) is 0. The summed E-state index contributed by atoms with van der Waals surface area (Å²) in [5.41, 5.74) is 26.0. The van der Waals surface area contributed by atoms with Crippen molar-refractivity contribution < 1.29 is 0 Å². The lowest BCUT2D eigenvalue weighted by molar-refractivity contribution is 0.660. The highest BCUT2D eigenvalue weighted by Gasteiger charge is 2.36. The lowest BCUT2D eigenvalue weighted by Gasteiger charge is -2.23. The van der Waals surface area contributed by atoms with Gasteiger partial charge < -0.3 is 0 Å².